The molecule has 2 aliphatic heterocycles. The molecule has 1 aliphatic carbocycles. The Bertz CT molecular complexity index is 941. The van der Waals surface area contributed by atoms with Crippen LogP contribution in [0.4, 0.5) is 4.79 Å². The van der Waals surface area contributed by atoms with Crippen molar-refractivity contribution in [2.45, 2.75) is 135 Å². The van der Waals surface area contributed by atoms with Gasteiger partial charge in [0, 0.05) is 13.1 Å². The molecule has 0 unspecified atom stereocenters. The molecule has 1 saturated carbocycles. The van der Waals surface area contributed by atoms with Crippen molar-refractivity contribution in [3.05, 3.63) is 0 Å². The van der Waals surface area contributed by atoms with Crippen molar-refractivity contribution in [1.29, 1.82) is 0 Å². The second kappa shape index (κ2) is 15.0. The van der Waals surface area contributed by atoms with E-state index in [1.807, 2.05) is 0 Å². The predicted molar refractivity (Wildman–Crippen MR) is 156 cm³/mol. The van der Waals surface area contributed by atoms with E-state index in [4.69, 9.17) is 4.74 Å². The summed E-state index contributed by atoms with van der Waals surface area (Å²) in [6.07, 6.45) is 9.14. The first-order valence-electron chi connectivity index (χ1n) is 15.8. The van der Waals surface area contributed by atoms with Crippen molar-refractivity contribution in [2.75, 3.05) is 13.1 Å². The first-order chi connectivity index (χ1) is 19.4. The molecular weight excluding hydrogens is 524 g/mol. The average molecular weight is 577 g/mol. The Morgan fingerprint density at radius 2 is 1.56 bits per heavy atom. The largest absolute Gasteiger partial charge is 0.444 e. The van der Waals surface area contributed by atoms with Gasteiger partial charge in [0.1, 0.15) is 17.7 Å². The summed E-state index contributed by atoms with van der Waals surface area (Å²) >= 11 is 0. The number of hydrogen-bond acceptors (Lipinski definition) is 6. The van der Waals surface area contributed by atoms with Crippen molar-refractivity contribution in [3.63, 3.8) is 0 Å². The molecule has 0 bridgehead atoms. The summed E-state index contributed by atoms with van der Waals surface area (Å²) in [6, 6.07) is -2.53. The van der Waals surface area contributed by atoms with Crippen LogP contribution < -0.4 is 16.0 Å². The van der Waals surface area contributed by atoms with Gasteiger partial charge in [-0.15, -0.1) is 0 Å². The third kappa shape index (κ3) is 10.6. The third-order valence-corrected chi connectivity index (χ3v) is 8.44. The fraction of sp³-hybridized carbons (Fsp3) is 0.839. The van der Waals surface area contributed by atoms with E-state index in [1.165, 1.54) is 0 Å². The zero-order chi connectivity index (χ0) is 30.2. The summed E-state index contributed by atoms with van der Waals surface area (Å²) in [6.45, 7) is 10.3. The standard InChI is InChI=1S/C31H52N4O6/c1-20(2)22-17-25-27(37)33-23(26(36)28(38)32-18-21-15-16-21)13-11-9-7-6-8-10-12-14-24(29(39)35(25)19-22)34-30(40)41-31(3,4)5/h20-25H,6-19H2,1-5H3,(H,32,38)(H,33,37)(H,34,40)/t22-,23+,24+,25+/m1/s1. The number of alkyl carbamates (subject to hydrolysis) is 1. The van der Waals surface area contributed by atoms with E-state index in [0.29, 0.717) is 38.3 Å². The Labute approximate surface area is 245 Å². The van der Waals surface area contributed by atoms with Gasteiger partial charge in [0.15, 0.2) is 0 Å². The maximum Gasteiger partial charge on any atom is 0.408 e. The molecule has 2 saturated heterocycles. The van der Waals surface area contributed by atoms with Gasteiger partial charge in [-0.1, -0.05) is 58.8 Å². The van der Waals surface area contributed by atoms with Gasteiger partial charge in [0.05, 0.1) is 6.04 Å². The first kappa shape index (κ1) is 32.9. The fourth-order valence-electron chi connectivity index (χ4n) is 5.67. The average Bonchev–Trinajstić information content (AvgIpc) is 3.61. The fourth-order valence-corrected chi connectivity index (χ4v) is 5.67. The maximum atomic E-state index is 14.0. The number of nitrogens with zero attached hydrogens (tertiary/aromatic N) is 1. The van der Waals surface area contributed by atoms with E-state index in [0.717, 1.165) is 57.8 Å². The quantitative estimate of drug-likeness (QED) is 0.411. The molecule has 4 amide bonds. The van der Waals surface area contributed by atoms with Crippen LogP contribution in [-0.2, 0) is 23.9 Å². The molecule has 0 radical (unpaired) electrons. The van der Waals surface area contributed by atoms with Gasteiger partial charge in [-0.2, -0.15) is 0 Å². The predicted octanol–water partition coefficient (Wildman–Crippen LogP) is 3.86. The van der Waals surface area contributed by atoms with Crippen molar-refractivity contribution < 1.29 is 28.7 Å². The molecule has 3 fully saturated rings. The Balaban J connectivity index is 1.82. The molecule has 4 atom stereocenters. The lowest BCUT2D eigenvalue weighted by Crippen LogP contribution is -2.56. The maximum absolute atomic E-state index is 14.0. The highest BCUT2D eigenvalue weighted by Gasteiger charge is 2.44. The number of nitrogens with one attached hydrogen (secondary N) is 3. The van der Waals surface area contributed by atoms with Crippen LogP contribution in [0.15, 0.2) is 0 Å². The van der Waals surface area contributed by atoms with Gasteiger partial charge in [0.25, 0.3) is 5.91 Å². The molecule has 3 rings (SSSR count). The number of ketones is 1. The molecule has 3 aliphatic rings. The summed E-state index contributed by atoms with van der Waals surface area (Å²) in [5.41, 5.74) is -0.712. The zero-order valence-corrected chi connectivity index (χ0v) is 25.8. The molecule has 232 valence electrons. The number of ether oxygens (including phenoxy) is 1. The van der Waals surface area contributed by atoms with Crippen LogP contribution in [-0.4, -0.2) is 71.3 Å². The number of carbonyl (C=O) groups is 5. The Hall–Kier alpha value is -2.65. The van der Waals surface area contributed by atoms with Crippen LogP contribution in [0.5, 0.6) is 0 Å². The van der Waals surface area contributed by atoms with Crippen LogP contribution in [0.2, 0.25) is 0 Å². The normalized spacial score (nSPS) is 27.1. The van der Waals surface area contributed by atoms with Crippen LogP contribution in [0.1, 0.15) is 112 Å². The van der Waals surface area contributed by atoms with Gasteiger partial charge in [-0.05, 0) is 70.6 Å². The smallest absolute Gasteiger partial charge is 0.408 e. The van der Waals surface area contributed by atoms with E-state index in [-0.39, 0.29) is 17.7 Å². The minimum Gasteiger partial charge on any atom is -0.444 e. The Morgan fingerprint density at radius 3 is 2.15 bits per heavy atom. The second-order valence-electron chi connectivity index (χ2n) is 13.6. The van der Waals surface area contributed by atoms with Crippen LogP contribution >= 0.6 is 0 Å². The first-order valence-corrected chi connectivity index (χ1v) is 15.8. The van der Waals surface area contributed by atoms with Crippen LogP contribution in [0.3, 0.4) is 0 Å². The summed E-state index contributed by atoms with van der Waals surface area (Å²) in [4.78, 5) is 67.8. The zero-order valence-electron chi connectivity index (χ0n) is 25.8. The van der Waals surface area contributed by atoms with Crippen molar-refractivity contribution in [2.24, 2.45) is 17.8 Å². The lowest BCUT2D eigenvalue weighted by Gasteiger charge is -2.30. The number of amides is 4. The highest BCUT2D eigenvalue weighted by Crippen LogP contribution is 2.31. The molecule has 10 heteroatoms. The van der Waals surface area contributed by atoms with Crippen LogP contribution in [0, 0.1) is 17.8 Å². The van der Waals surface area contributed by atoms with Gasteiger partial charge in [-0.3, -0.25) is 19.2 Å². The van der Waals surface area contributed by atoms with Crippen molar-refractivity contribution >= 4 is 29.6 Å². The van der Waals surface area contributed by atoms with Gasteiger partial charge < -0.3 is 25.6 Å². The van der Waals surface area contributed by atoms with Gasteiger partial charge in [-0.25, -0.2) is 4.79 Å². The summed E-state index contributed by atoms with van der Waals surface area (Å²) in [5, 5.41) is 8.38. The van der Waals surface area contributed by atoms with Gasteiger partial charge in [0.2, 0.25) is 17.6 Å². The highest BCUT2D eigenvalue weighted by atomic mass is 16.6. The summed E-state index contributed by atoms with van der Waals surface area (Å²) in [7, 11) is 0. The Morgan fingerprint density at radius 1 is 0.951 bits per heavy atom. The lowest BCUT2D eigenvalue weighted by atomic mass is 9.93. The Kier molecular flexibility index (Phi) is 12.0. The second-order valence-corrected chi connectivity index (χ2v) is 13.6. The van der Waals surface area contributed by atoms with E-state index in [9.17, 15) is 24.0 Å². The van der Waals surface area contributed by atoms with Crippen LogP contribution in [0.25, 0.3) is 0 Å². The molecular formula is C31H52N4O6. The molecule has 0 aromatic heterocycles. The summed E-state index contributed by atoms with van der Waals surface area (Å²) in [5.74, 6) is -1.24. The minimum atomic E-state index is -0.930. The molecule has 41 heavy (non-hydrogen) atoms. The highest BCUT2D eigenvalue weighted by molar-refractivity contribution is 6.38. The number of fused-ring (bicyclic) bond motifs is 1. The minimum absolute atomic E-state index is 0.0925. The van der Waals surface area contributed by atoms with E-state index in [2.05, 4.69) is 29.8 Å². The van der Waals surface area contributed by atoms with E-state index < -0.39 is 47.4 Å². The number of Topliss-reactive ketones (excluding diaryl/α,β-unsaturated/α-hetero) is 1. The topological polar surface area (TPSA) is 134 Å². The van der Waals surface area contributed by atoms with E-state index in [1.54, 1.807) is 25.7 Å². The lowest BCUT2D eigenvalue weighted by molar-refractivity contribution is -0.143. The van der Waals surface area contributed by atoms with Crippen molar-refractivity contribution in [3.8, 4) is 0 Å². The molecule has 0 aromatic rings. The SMILES string of the molecule is CC(C)[C@@H]1C[C@H]2C(=O)N[C@H](C(=O)C(=O)NCC3CC3)CCCCCCCCC[C@H](NC(=O)OC(C)(C)C)C(=O)N2C1. The number of carbonyl (C=O) groups excluding carboxylic acids is 5. The molecule has 0 aromatic carbocycles. The monoisotopic (exact) mass is 576 g/mol. The van der Waals surface area contributed by atoms with E-state index >= 15 is 0 Å². The van der Waals surface area contributed by atoms with Gasteiger partial charge >= 0.3 is 6.09 Å². The number of rotatable bonds is 6. The number of hydrogen-bond donors (Lipinski definition) is 3. The third-order valence-electron chi connectivity index (χ3n) is 8.44. The molecule has 2 heterocycles. The molecule has 10 nitrogen and oxygen atoms in total. The van der Waals surface area contributed by atoms with Crippen molar-refractivity contribution in [1.82, 2.24) is 20.9 Å². The molecule has 3 N–H and O–H groups in total. The molecule has 0 spiro atoms. The summed E-state index contributed by atoms with van der Waals surface area (Å²) < 4.78 is 5.45.